The van der Waals surface area contributed by atoms with Crippen LogP contribution in [0.25, 0.3) is 11.0 Å². The number of nitrogens with two attached hydrogens (primary N) is 1. The molecular weight excluding hydrogens is 346 g/mol. The number of anilines is 3. The molecule has 3 aromatic rings. The van der Waals surface area contributed by atoms with Gasteiger partial charge in [-0.05, 0) is 38.2 Å². The summed E-state index contributed by atoms with van der Waals surface area (Å²) in [5.74, 6) is 2.51. The third kappa shape index (κ3) is 2.99. The van der Waals surface area contributed by atoms with E-state index in [0.29, 0.717) is 28.8 Å². The first-order valence-corrected chi connectivity index (χ1v) is 9.44. The first-order chi connectivity index (χ1) is 13.2. The van der Waals surface area contributed by atoms with Gasteiger partial charge in [0.25, 0.3) is 0 Å². The molecule has 1 unspecified atom stereocenters. The lowest BCUT2D eigenvalue weighted by Gasteiger charge is -2.24. The zero-order valence-corrected chi connectivity index (χ0v) is 15.3. The Morgan fingerprint density at radius 1 is 1.22 bits per heavy atom. The fraction of sp³-hybridized carbons (Fsp3) is 0.474. The van der Waals surface area contributed by atoms with Crippen molar-refractivity contribution in [3.05, 3.63) is 23.9 Å². The average Bonchev–Trinajstić information content (AvgIpc) is 3.35. The van der Waals surface area contributed by atoms with E-state index in [2.05, 4.69) is 21.2 Å². The molecule has 0 radical (unpaired) electrons. The van der Waals surface area contributed by atoms with Gasteiger partial charge in [0, 0.05) is 30.4 Å². The van der Waals surface area contributed by atoms with Crippen LogP contribution in [0, 0.1) is 0 Å². The average molecular weight is 369 g/mol. The molecule has 142 valence electrons. The van der Waals surface area contributed by atoms with Gasteiger partial charge in [0.1, 0.15) is 5.75 Å². The van der Waals surface area contributed by atoms with Crippen LogP contribution in [0.3, 0.4) is 0 Å². The second-order valence-corrected chi connectivity index (χ2v) is 7.24. The highest BCUT2D eigenvalue weighted by atomic mass is 16.5. The predicted octanol–water partition coefficient (Wildman–Crippen LogP) is 3.94. The van der Waals surface area contributed by atoms with Crippen molar-refractivity contribution in [1.82, 2.24) is 14.9 Å². The van der Waals surface area contributed by atoms with E-state index in [1.165, 1.54) is 25.0 Å². The van der Waals surface area contributed by atoms with Gasteiger partial charge in [0.2, 0.25) is 0 Å². The van der Waals surface area contributed by atoms with Crippen LogP contribution in [0.5, 0.6) is 5.75 Å². The van der Waals surface area contributed by atoms with Crippen molar-refractivity contribution in [3.63, 3.8) is 0 Å². The Labute approximate surface area is 156 Å². The second kappa shape index (κ2) is 6.45. The summed E-state index contributed by atoms with van der Waals surface area (Å²) in [5, 5.41) is 13.0. The lowest BCUT2D eigenvalue weighted by Crippen LogP contribution is -2.20. The van der Waals surface area contributed by atoms with Gasteiger partial charge < -0.3 is 25.0 Å². The molecule has 8 nitrogen and oxygen atoms in total. The molecule has 1 aromatic carbocycles. The number of hydrogen-bond donors (Lipinski definition) is 2. The lowest BCUT2D eigenvalue weighted by atomic mass is 10.2. The Morgan fingerprint density at radius 3 is 2.85 bits per heavy atom. The summed E-state index contributed by atoms with van der Waals surface area (Å²) < 4.78 is 18.7. The van der Waals surface area contributed by atoms with E-state index < -0.39 is 0 Å². The molecule has 1 aliphatic heterocycles. The minimum atomic E-state index is 0.0267. The maximum atomic E-state index is 5.95. The molecule has 3 N–H and O–H groups in total. The summed E-state index contributed by atoms with van der Waals surface area (Å²) in [4.78, 5) is 0. The first-order valence-electron chi connectivity index (χ1n) is 9.44. The molecular formula is C19H23N5O3. The zero-order chi connectivity index (χ0) is 18.4. The fourth-order valence-electron chi connectivity index (χ4n) is 3.67. The molecule has 5 rings (SSSR count). The summed E-state index contributed by atoms with van der Waals surface area (Å²) in [5.41, 5.74) is 8.30. The van der Waals surface area contributed by atoms with Crippen molar-refractivity contribution in [2.75, 3.05) is 24.8 Å². The van der Waals surface area contributed by atoms with Gasteiger partial charge in [-0.2, -0.15) is 5.10 Å². The second-order valence-electron chi connectivity index (χ2n) is 7.24. The van der Waals surface area contributed by atoms with E-state index >= 15 is 0 Å². The van der Waals surface area contributed by atoms with Crippen molar-refractivity contribution in [1.29, 1.82) is 0 Å². The van der Waals surface area contributed by atoms with Gasteiger partial charge >= 0.3 is 0 Å². The minimum Gasteiger partial charge on any atom is -0.495 e. The Bertz CT molecular complexity index is 969. The Morgan fingerprint density at radius 2 is 2.11 bits per heavy atom. The van der Waals surface area contributed by atoms with Crippen LogP contribution in [0.4, 0.5) is 17.3 Å². The van der Waals surface area contributed by atoms with Crippen molar-refractivity contribution in [3.8, 4) is 5.75 Å². The Hall–Kier alpha value is -2.74. The lowest BCUT2D eigenvalue weighted by molar-refractivity contribution is -0.0409. The highest BCUT2D eigenvalue weighted by Gasteiger charge is 2.31. The van der Waals surface area contributed by atoms with Crippen molar-refractivity contribution in [2.24, 2.45) is 0 Å². The molecule has 27 heavy (non-hydrogen) atoms. The van der Waals surface area contributed by atoms with Crippen LogP contribution in [0.2, 0.25) is 0 Å². The van der Waals surface area contributed by atoms with Crippen LogP contribution in [0.15, 0.2) is 22.7 Å². The predicted molar refractivity (Wildman–Crippen MR) is 101 cm³/mol. The van der Waals surface area contributed by atoms with E-state index in [-0.39, 0.29) is 6.23 Å². The van der Waals surface area contributed by atoms with Gasteiger partial charge in [-0.3, -0.25) is 0 Å². The van der Waals surface area contributed by atoms with E-state index in [1.54, 1.807) is 13.2 Å². The Balaban J connectivity index is 1.48. The molecule has 0 bridgehead atoms. The van der Waals surface area contributed by atoms with Crippen molar-refractivity contribution < 1.29 is 14.0 Å². The molecule has 1 atom stereocenters. The number of benzene rings is 1. The highest BCUT2D eigenvalue weighted by molar-refractivity contribution is 5.93. The third-order valence-electron chi connectivity index (χ3n) is 5.26. The van der Waals surface area contributed by atoms with Crippen molar-refractivity contribution >= 4 is 28.3 Å². The summed E-state index contributed by atoms with van der Waals surface area (Å²) in [6.45, 7) is 0.798. The number of fused-ring (bicyclic) bond motifs is 1. The van der Waals surface area contributed by atoms with Crippen LogP contribution >= 0.6 is 0 Å². The maximum absolute atomic E-state index is 5.95. The molecule has 1 saturated heterocycles. The monoisotopic (exact) mass is 369 g/mol. The summed E-state index contributed by atoms with van der Waals surface area (Å²) in [6.07, 6.45) is 5.75. The number of hydrogen-bond acceptors (Lipinski definition) is 7. The van der Waals surface area contributed by atoms with Crippen LogP contribution in [-0.4, -0.2) is 28.7 Å². The smallest absolute Gasteiger partial charge is 0.183 e. The maximum Gasteiger partial charge on any atom is 0.183 e. The molecule has 8 heteroatoms. The van der Waals surface area contributed by atoms with Crippen LogP contribution < -0.4 is 15.8 Å². The van der Waals surface area contributed by atoms with E-state index in [9.17, 15) is 0 Å². The number of ether oxygens (including phenoxy) is 2. The SMILES string of the molecule is COc1cc2c(Nc3cc(C4CC4)n(C4CCCCO4)n3)noc2cc1N. The molecule has 2 aromatic heterocycles. The van der Waals surface area contributed by atoms with E-state index in [0.717, 1.165) is 30.7 Å². The summed E-state index contributed by atoms with van der Waals surface area (Å²) >= 11 is 0. The number of methoxy groups -OCH3 is 1. The number of aromatic nitrogens is 3. The molecule has 2 fully saturated rings. The number of nitrogen functional groups attached to an aromatic ring is 1. The van der Waals surface area contributed by atoms with Gasteiger partial charge in [0.15, 0.2) is 23.4 Å². The molecule has 1 aliphatic carbocycles. The van der Waals surface area contributed by atoms with Gasteiger partial charge in [-0.1, -0.05) is 5.16 Å². The topological polar surface area (TPSA) is 100 Å². The molecule has 0 spiro atoms. The van der Waals surface area contributed by atoms with Gasteiger partial charge in [0.05, 0.1) is 18.2 Å². The molecule has 3 heterocycles. The molecule has 1 saturated carbocycles. The third-order valence-corrected chi connectivity index (χ3v) is 5.26. The first kappa shape index (κ1) is 16.4. The number of rotatable bonds is 5. The standard InChI is InChI=1S/C19H23N5O3/c1-25-16-8-12-15(9-13(16)20)27-23-19(12)21-17-10-14(11-5-6-11)24(22-17)18-4-2-3-7-26-18/h8-11,18H,2-7,20H2,1H3,(H,21,22,23). The minimum absolute atomic E-state index is 0.0267. The number of nitrogens with one attached hydrogen (secondary N) is 1. The quantitative estimate of drug-likeness (QED) is 0.657. The largest absolute Gasteiger partial charge is 0.495 e. The fourth-order valence-corrected chi connectivity index (χ4v) is 3.67. The number of nitrogens with zero attached hydrogens (tertiary/aromatic N) is 3. The van der Waals surface area contributed by atoms with Gasteiger partial charge in [-0.25, -0.2) is 4.68 Å². The molecule has 0 amide bonds. The Kier molecular flexibility index (Phi) is 3.93. The normalized spacial score (nSPS) is 20.1. The highest BCUT2D eigenvalue weighted by Crippen LogP contribution is 2.43. The summed E-state index contributed by atoms with van der Waals surface area (Å²) in [7, 11) is 1.59. The van der Waals surface area contributed by atoms with Crippen LogP contribution in [-0.2, 0) is 4.74 Å². The zero-order valence-electron chi connectivity index (χ0n) is 15.3. The van der Waals surface area contributed by atoms with Gasteiger partial charge in [-0.15, -0.1) is 0 Å². The van der Waals surface area contributed by atoms with E-state index in [1.807, 2.05) is 6.07 Å². The van der Waals surface area contributed by atoms with Crippen LogP contribution in [0.1, 0.15) is 49.9 Å². The van der Waals surface area contributed by atoms with Crippen molar-refractivity contribution in [2.45, 2.75) is 44.2 Å². The molecule has 2 aliphatic rings. The summed E-state index contributed by atoms with van der Waals surface area (Å²) in [6, 6.07) is 5.65. The van der Waals surface area contributed by atoms with E-state index in [4.69, 9.17) is 24.8 Å².